The van der Waals surface area contributed by atoms with Crippen LogP contribution in [0.5, 0.6) is 0 Å². The highest BCUT2D eigenvalue weighted by atomic mass is 16.4. The Kier molecular flexibility index (Phi) is 3.23. The number of imidazole rings is 1. The lowest BCUT2D eigenvalue weighted by atomic mass is 10.2. The molecule has 0 unspecified atom stereocenters. The zero-order valence-corrected chi connectivity index (χ0v) is 10.8. The molecule has 0 radical (unpaired) electrons. The minimum absolute atomic E-state index is 0.216. The Morgan fingerprint density at radius 1 is 1.50 bits per heavy atom. The summed E-state index contributed by atoms with van der Waals surface area (Å²) in [7, 11) is 1.87. The summed E-state index contributed by atoms with van der Waals surface area (Å²) in [6, 6.07) is 5.45. The molecule has 5 nitrogen and oxygen atoms in total. The molecule has 18 heavy (non-hydrogen) atoms. The van der Waals surface area contributed by atoms with E-state index in [0.717, 1.165) is 6.54 Å². The molecule has 0 aliphatic heterocycles. The van der Waals surface area contributed by atoms with Crippen LogP contribution in [0.4, 0.5) is 5.82 Å². The molecule has 1 N–H and O–H groups in total. The van der Waals surface area contributed by atoms with Gasteiger partial charge in [-0.1, -0.05) is 19.9 Å². The van der Waals surface area contributed by atoms with E-state index in [2.05, 4.69) is 18.8 Å². The molecule has 0 bridgehead atoms. The van der Waals surface area contributed by atoms with Gasteiger partial charge < -0.3 is 10.0 Å². The van der Waals surface area contributed by atoms with Gasteiger partial charge in [0.1, 0.15) is 5.65 Å². The zero-order chi connectivity index (χ0) is 13.3. The van der Waals surface area contributed by atoms with Gasteiger partial charge in [0.05, 0.1) is 0 Å². The molecule has 2 aromatic heterocycles. The second-order valence-electron chi connectivity index (χ2n) is 4.79. The molecule has 2 rings (SSSR count). The van der Waals surface area contributed by atoms with Crippen LogP contribution in [-0.4, -0.2) is 34.1 Å². The number of anilines is 1. The number of carboxylic acid groups (broad SMARTS) is 1. The van der Waals surface area contributed by atoms with E-state index in [1.807, 2.05) is 18.0 Å². The van der Waals surface area contributed by atoms with Crippen molar-refractivity contribution in [2.45, 2.75) is 13.8 Å². The Morgan fingerprint density at radius 2 is 2.22 bits per heavy atom. The van der Waals surface area contributed by atoms with Crippen LogP contribution >= 0.6 is 0 Å². The van der Waals surface area contributed by atoms with Crippen LogP contribution in [0.3, 0.4) is 0 Å². The van der Waals surface area contributed by atoms with Crippen LogP contribution in [0.15, 0.2) is 24.4 Å². The molecular formula is C13H17N3O2. The van der Waals surface area contributed by atoms with Gasteiger partial charge in [-0.3, -0.25) is 4.40 Å². The van der Waals surface area contributed by atoms with E-state index in [1.54, 1.807) is 22.7 Å². The van der Waals surface area contributed by atoms with Crippen molar-refractivity contribution in [2.75, 3.05) is 18.5 Å². The molecule has 0 fully saturated rings. The lowest BCUT2D eigenvalue weighted by Crippen LogP contribution is -2.24. The van der Waals surface area contributed by atoms with Crippen molar-refractivity contribution in [1.29, 1.82) is 0 Å². The summed E-state index contributed by atoms with van der Waals surface area (Å²) in [4.78, 5) is 17.7. The zero-order valence-electron chi connectivity index (χ0n) is 10.8. The second kappa shape index (κ2) is 4.68. The second-order valence-corrected chi connectivity index (χ2v) is 4.79. The van der Waals surface area contributed by atoms with E-state index >= 15 is 0 Å². The number of pyridine rings is 1. The first kappa shape index (κ1) is 12.4. The summed E-state index contributed by atoms with van der Waals surface area (Å²) in [6.45, 7) is 4.95. The van der Waals surface area contributed by atoms with Crippen molar-refractivity contribution in [3.63, 3.8) is 0 Å². The van der Waals surface area contributed by atoms with Crippen LogP contribution in [0.25, 0.3) is 5.65 Å². The minimum Gasteiger partial charge on any atom is -0.476 e. The van der Waals surface area contributed by atoms with Crippen molar-refractivity contribution in [3.8, 4) is 0 Å². The predicted molar refractivity (Wildman–Crippen MR) is 70.3 cm³/mol. The first-order chi connectivity index (χ1) is 8.50. The van der Waals surface area contributed by atoms with Crippen LogP contribution in [0.1, 0.15) is 24.3 Å². The Hall–Kier alpha value is -2.04. The van der Waals surface area contributed by atoms with Gasteiger partial charge in [-0.25, -0.2) is 9.78 Å². The predicted octanol–water partition coefficient (Wildman–Crippen LogP) is 2.12. The number of rotatable bonds is 4. The Balaban J connectivity index is 2.55. The molecule has 0 amide bonds. The fourth-order valence-electron chi connectivity index (χ4n) is 2.08. The van der Waals surface area contributed by atoms with Gasteiger partial charge >= 0.3 is 5.97 Å². The number of hydrogen-bond donors (Lipinski definition) is 1. The summed E-state index contributed by atoms with van der Waals surface area (Å²) in [6.07, 6.45) is 1.72. The van der Waals surface area contributed by atoms with Crippen molar-refractivity contribution < 1.29 is 9.90 Å². The molecule has 0 aliphatic carbocycles. The standard InChI is InChI=1S/C13H17N3O2/c1-9(2)8-15(3)12-11(13(17)18)16-7-5-4-6-10(16)14-12/h4-7,9H,8H2,1-3H3,(H,17,18). The molecule has 0 spiro atoms. The average Bonchev–Trinajstić information content (AvgIpc) is 2.67. The minimum atomic E-state index is -0.959. The molecular weight excluding hydrogens is 230 g/mol. The fraction of sp³-hybridized carbons (Fsp3) is 0.385. The summed E-state index contributed by atoms with van der Waals surface area (Å²) in [5.74, 6) is 0.00293. The number of fused-ring (bicyclic) bond motifs is 1. The summed E-state index contributed by atoms with van der Waals surface area (Å²) >= 11 is 0. The van der Waals surface area contributed by atoms with E-state index in [0.29, 0.717) is 17.4 Å². The largest absolute Gasteiger partial charge is 0.476 e. The topological polar surface area (TPSA) is 57.8 Å². The molecule has 2 heterocycles. The Morgan fingerprint density at radius 3 is 2.83 bits per heavy atom. The lowest BCUT2D eigenvalue weighted by molar-refractivity contribution is 0.0690. The average molecular weight is 247 g/mol. The van der Waals surface area contributed by atoms with Crippen LogP contribution in [0, 0.1) is 5.92 Å². The number of aromatic nitrogens is 2. The quantitative estimate of drug-likeness (QED) is 0.899. The fourth-order valence-corrected chi connectivity index (χ4v) is 2.08. The highest BCUT2D eigenvalue weighted by Gasteiger charge is 2.21. The molecule has 2 aromatic rings. The lowest BCUT2D eigenvalue weighted by Gasteiger charge is -2.19. The summed E-state index contributed by atoms with van der Waals surface area (Å²) in [5, 5.41) is 9.35. The maximum Gasteiger partial charge on any atom is 0.356 e. The van der Waals surface area contributed by atoms with E-state index < -0.39 is 5.97 Å². The maximum atomic E-state index is 11.4. The summed E-state index contributed by atoms with van der Waals surface area (Å²) < 4.78 is 1.61. The van der Waals surface area contributed by atoms with Crippen molar-refractivity contribution in [2.24, 2.45) is 5.92 Å². The highest BCUT2D eigenvalue weighted by Crippen LogP contribution is 2.21. The molecule has 0 saturated heterocycles. The molecule has 0 aliphatic rings. The summed E-state index contributed by atoms with van der Waals surface area (Å²) in [5.41, 5.74) is 0.870. The normalized spacial score (nSPS) is 11.1. The number of nitrogens with zero attached hydrogens (tertiary/aromatic N) is 3. The smallest absolute Gasteiger partial charge is 0.356 e. The Bertz CT molecular complexity index is 575. The number of hydrogen-bond acceptors (Lipinski definition) is 3. The van der Waals surface area contributed by atoms with Crippen molar-refractivity contribution in [1.82, 2.24) is 9.38 Å². The van der Waals surface area contributed by atoms with Crippen LogP contribution in [-0.2, 0) is 0 Å². The van der Waals surface area contributed by atoms with Gasteiger partial charge in [0.15, 0.2) is 11.5 Å². The van der Waals surface area contributed by atoms with E-state index in [4.69, 9.17) is 0 Å². The van der Waals surface area contributed by atoms with E-state index in [9.17, 15) is 9.90 Å². The first-order valence-corrected chi connectivity index (χ1v) is 5.92. The third kappa shape index (κ3) is 2.16. The Labute approximate surface area is 106 Å². The molecule has 0 saturated carbocycles. The van der Waals surface area contributed by atoms with Gasteiger partial charge in [-0.2, -0.15) is 0 Å². The highest BCUT2D eigenvalue weighted by molar-refractivity contribution is 5.93. The maximum absolute atomic E-state index is 11.4. The number of carboxylic acids is 1. The van der Waals surface area contributed by atoms with Crippen LogP contribution in [0.2, 0.25) is 0 Å². The molecule has 5 heteroatoms. The third-order valence-corrected chi connectivity index (χ3v) is 2.71. The van der Waals surface area contributed by atoms with Gasteiger partial charge in [0.25, 0.3) is 0 Å². The number of aromatic carboxylic acids is 1. The van der Waals surface area contributed by atoms with Crippen molar-refractivity contribution >= 4 is 17.4 Å². The SMILES string of the molecule is CC(C)CN(C)c1nc2ccccn2c1C(=O)O. The van der Waals surface area contributed by atoms with Crippen LogP contribution < -0.4 is 4.90 Å². The molecule has 0 aromatic carbocycles. The van der Waals surface area contributed by atoms with Gasteiger partial charge in [0.2, 0.25) is 0 Å². The number of carbonyl (C=O) groups is 1. The monoisotopic (exact) mass is 247 g/mol. The van der Waals surface area contributed by atoms with Crippen molar-refractivity contribution in [3.05, 3.63) is 30.1 Å². The van der Waals surface area contributed by atoms with Gasteiger partial charge in [-0.05, 0) is 18.1 Å². The molecule has 0 atom stereocenters. The van der Waals surface area contributed by atoms with Gasteiger partial charge in [-0.15, -0.1) is 0 Å². The third-order valence-electron chi connectivity index (χ3n) is 2.71. The first-order valence-electron chi connectivity index (χ1n) is 5.92. The van der Waals surface area contributed by atoms with E-state index in [1.165, 1.54) is 0 Å². The molecule has 96 valence electrons. The van der Waals surface area contributed by atoms with E-state index in [-0.39, 0.29) is 5.69 Å². The van der Waals surface area contributed by atoms with Gasteiger partial charge in [0, 0.05) is 19.8 Å².